The SMILES string of the molecule is O=C1CC2(CCN(C(=O)c3nc4ccccc4s3)C2)C(=O)N1. The Labute approximate surface area is 130 Å². The number of nitrogens with one attached hydrogen (secondary N) is 1. The number of imide groups is 1. The van der Waals surface area contributed by atoms with Crippen molar-refractivity contribution in [3.8, 4) is 0 Å². The van der Waals surface area contributed by atoms with Gasteiger partial charge in [-0.15, -0.1) is 11.3 Å². The van der Waals surface area contributed by atoms with E-state index in [1.807, 2.05) is 24.3 Å². The number of hydrogen-bond acceptors (Lipinski definition) is 5. The molecular formula is C15H13N3O3S. The first kappa shape index (κ1) is 13.4. The van der Waals surface area contributed by atoms with Gasteiger partial charge in [-0.05, 0) is 18.6 Å². The molecule has 1 atom stereocenters. The van der Waals surface area contributed by atoms with E-state index in [1.54, 1.807) is 4.90 Å². The molecule has 4 rings (SSSR count). The van der Waals surface area contributed by atoms with Crippen molar-refractivity contribution < 1.29 is 14.4 Å². The first-order valence-corrected chi connectivity index (χ1v) is 7.88. The second kappa shape index (κ2) is 4.61. The lowest BCUT2D eigenvalue weighted by atomic mass is 9.85. The summed E-state index contributed by atoms with van der Waals surface area (Å²) in [5.74, 6) is -0.665. The van der Waals surface area contributed by atoms with Gasteiger partial charge in [0.05, 0.1) is 15.6 Å². The molecule has 3 amide bonds. The summed E-state index contributed by atoms with van der Waals surface area (Å²) in [5.41, 5.74) is 0.0715. The molecule has 1 aromatic heterocycles. The van der Waals surface area contributed by atoms with Crippen LogP contribution in [0.4, 0.5) is 0 Å². The third-order valence-electron chi connectivity index (χ3n) is 4.35. The molecule has 1 aromatic carbocycles. The minimum absolute atomic E-state index is 0.162. The van der Waals surface area contributed by atoms with Crippen LogP contribution in [0, 0.1) is 5.41 Å². The number of fused-ring (bicyclic) bond motifs is 1. The number of carbonyl (C=O) groups excluding carboxylic acids is 3. The summed E-state index contributed by atoms with van der Waals surface area (Å²) in [6.45, 7) is 0.773. The average Bonchev–Trinajstić information content (AvgIpc) is 3.16. The van der Waals surface area contributed by atoms with Crippen molar-refractivity contribution in [1.29, 1.82) is 0 Å². The highest BCUT2D eigenvalue weighted by atomic mass is 32.1. The summed E-state index contributed by atoms with van der Waals surface area (Å²) in [5, 5.41) is 2.77. The van der Waals surface area contributed by atoms with E-state index in [9.17, 15) is 14.4 Å². The first-order chi connectivity index (χ1) is 10.6. The Hall–Kier alpha value is -2.28. The molecule has 22 heavy (non-hydrogen) atoms. The van der Waals surface area contributed by atoms with Crippen LogP contribution in [0.2, 0.25) is 0 Å². The van der Waals surface area contributed by atoms with Gasteiger partial charge in [0.15, 0.2) is 5.01 Å². The fraction of sp³-hybridized carbons (Fsp3) is 0.333. The molecule has 7 heteroatoms. The molecule has 2 aliphatic heterocycles. The maximum Gasteiger partial charge on any atom is 0.282 e. The predicted molar refractivity (Wildman–Crippen MR) is 80.3 cm³/mol. The molecule has 2 aromatic rings. The molecule has 2 aliphatic rings. The van der Waals surface area contributed by atoms with Gasteiger partial charge in [-0.25, -0.2) is 4.98 Å². The van der Waals surface area contributed by atoms with Crippen molar-refractivity contribution >= 4 is 39.3 Å². The number of nitrogens with zero attached hydrogens (tertiary/aromatic N) is 2. The van der Waals surface area contributed by atoms with Crippen LogP contribution in [0.5, 0.6) is 0 Å². The lowest BCUT2D eigenvalue weighted by molar-refractivity contribution is -0.128. The molecule has 1 unspecified atom stereocenters. The molecule has 6 nitrogen and oxygen atoms in total. The zero-order valence-corrected chi connectivity index (χ0v) is 12.5. The van der Waals surface area contributed by atoms with E-state index in [0.29, 0.717) is 24.5 Å². The summed E-state index contributed by atoms with van der Waals surface area (Å²) in [6, 6.07) is 7.60. The Balaban J connectivity index is 1.59. The van der Waals surface area contributed by atoms with Crippen LogP contribution in [-0.4, -0.2) is 40.7 Å². The van der Waals surface area contributed by atoms with Gasteiger partial charge >= 0.3 is 0 Å². The molecule has 0 bridgehead atoms. The Kier molecular flexibility index (Phi) is 2.80. The standard InChI is InChI=1S/C15H13N3O3S/c19-11-7-15(14(21)17-11)5-6-18(8-15)13(20)12-16-9-3-1-2-4-10(9)22-12/h1-4H,5-8H2,(H,17,19,21). The number of thiazole rings is 1. The van der Waals surface area contributed by atoms with E-state index in [1.165, 1.54) is 11.3 Å². The lowest BCUT2D eigenvalue weighted by Crippen LogP contribution is -2.36. The van der Waals surface area contributed by atoms with Gasteiger partial charge in [-0.2, -0.15) is 0 Å². The lowest BCUT2D eigenvalue weighted by Gasteiger charge is -2.19. The number of amides is 3. The Bertz CT molecular complexity index is 782. The topological polar surface area (TPSA) is 79.4 Å². The van der Waals surface area contributed by atoms with E-state index in [4.69, 9.17) is 0 Å². The van der Waals surface area contributed by atoms with Gasteiger partial charge < -0.3 is 4.90 Å². The van der Waals surface area contributed by atoms with Crippen LogP contribution in [0.15, 0.2) is 24.3 Å². The average molecular weight is 315 g/mol. The molecule has 1 spiro atoms. The predicted octanol–water partition coefficient (Wildman–Crippen LogP) is 1.18. The number of carbonyl (C=O) groups is 3. The molecule has 1 N–H and O–H groups in total. The van der Waals surface area contributed by atoms with E-state index in [-0.39, 0.29) is 24.1 Å². The van der Waals surface area contributed by atoms with E-state index in [2.05, 4.69) is 10.3 Å². The van der Waals surface area contributed by atoms with Crippen LogP contribution in [-0.2, 0) is 9.59 Å². The fourth-order valence-corrected chi connectivity index (χ4v) is 4.10. The van der Waals surface area contributed by atoms with Crippen LogP contribution in [0.3, 0.4) is 0 Å². The fourth-order valence-electron chi connectivity index (χ4n) is 3.17. The van der Waals surface area contributed by atoms with E-state index in [0.717, 1.165) is 10.2 Å². The van der Waals surface area contributed by atoms with Crippen LogP contribution >= 0.6 is 11.3 Å². The van der Waals surface area contributed by atoms with Crippen molar-refractivity contribution in [1.82, 2.24) is 15.2 Å². The van der Waals surface area contributed by atoms with Gasteiger partial charge in [-0.1, -0.05) is 12.1 Å². The zero-order valence-electron chi connectivity index (χ0n) is 11.7. The van der Waals surface area contributed by atoms with Gasteiger partial charge in [0.25, 0.3) is 5.91 Å². The monoisotopic (exact) mass is 315 g/mol. The third kappa shape index (κ3) is 1.93. The minimum atomic E-state index is -0.733. The van der Waals surface area contributed by atoms with Crippen molar-refractivity contribution in [3.63, 3.8) is 0 Å². The molecule has 0 saturated carbocycles. The number of aromatic nitrogens is 1. The number of para-hydroxylation sites is 1. The summed E-state index contributed by atoms with van der Waals surface area (Å²) < 4.78 is 0.966. The summed E-state index contributed by atoms with van der Waals surface area (Å²) in [7, 11) is 0. The highest BCUT2D eigenvalue weighted by Crippen LogP contribution is 2.38. The second-order valence-corrected chi connectivity index (χ2v) is 6.83. The van der Waals surface area contributed by atoms with Crippen molar-refractivity contribution in [2.24, 2.45) is 5.41 Å². The normalized spacial score (nSPS) is 24.5. The molecule has 3 heterocycles. The first-order valence-electron chi connectivity index (χ1n) is 7.07. The van der Waals surface area contributed by atoms with Crippen molar-refractivity contribution in [2.45, 2.75) is 12.8 Å². The third-order valence-corrected chi connectivity index (χ3v) is 5.38. The summed E-state index contributed by atoms with van der Waals surface area (Å²) in [4.78, 5) is 42.0. The largest absolute Gasteiger partial charge is 0.335 e. The Morgan fingerprint density at radius 1 is 1.32 bits per heavy atom. The number of likely N-dealkylation sites (tertiary alicyclic amines) is 1. The van der Waals surface area contributed by atoms with E-state index < -0.39 is 5.41 Å². The second-order valence-electron chi connectivity index (χ2n) is 5.80. The Morgan fingerprint density at radius 3 is 2.86 bits per heavy atom. The molecule has 0 radical (unpaired) electrons. The van der Waals surface area contributed by atoms with E-state index >= 15 is 0 Å². The van der Waals surface area contributed by atoms with Gasteiger partial charge in [0.2, 0.25) is 11.8 Å². The van der Waals surface area contributed by atoms with Gasteiger partial charge in [0.1, 0.15) is 0 Å². The maximum absolute atomic E-state index is 12.6. The highest BCUT2D eigenvalue weighted by Gasteiger charge is 2.52. The maximum atomic E-state index is 12.6. The Morgan fingerprint density at radius 2 is 2.14 bits per heavy atom. The number of hydrogen-bond donors (Lipinski definition) is 1. The molecular weight excluding hydrogens is 302 g/mol. The minimum Gasteiger partial charge on any atom is -0.335 e. The number of benzene rings is 1. The summed E-state index contributed by atoms with van der Waals surface area (Å²) >= 11 is 1.35. The smallest absolute Gasteiger partial charge is 0.282 e. The zero-order chi connectivity index (χ0) is 15.3. The molecule has 0 aliphatic carbocycles. The molecule has 112 valence electrons. The molecule has 2 fully saturated rings. The van der Waals surface area contributed by atoms with Crippen LogP contribution in [0.25, 0.3) is 10.2 Å². The number of rotatable bonds is 1. The quantitative estimate of drug-likeness (QED) is 0.801. The van der Waals surface area contributed by atoms with Gasteiger partial charge in [0, 0.05) is 19.5 Å². The van der Waals surface area contributed by atoms with Gasteiger partial charge in [-0.3, -0.25) is 19.7 Å². The molecule has 2 saturated heterocycles. The summed E-state index contributed by atoms with van der Waals surface area (Å²) in [6.07, 6.45) is 0.705. The van der Waals surface area contributed by atoms with Crippen LogP contribution < -0.4 is 5.32 Å². The van der Waals surface area contributed by atoms with Crippen molar-refractivity contribution in [3.05, 3.63) is 29.3 Å². The van der Waals surface area contributed by atoms with Crippen LogP contribution in [0.1, 0.15) is 22.6 Å². The highest BCUT2D eigenvalue weighted by molar-refractivity contribution is 7.20. The van der Waals surface area contributed by atoms with Crippen molar-refractivity contribution in [2.75, 3.05) is 13.1 Å².